The highest BCUT2D eigenvalue weighted by Gasteiger charge is 2.20. The predicted molar refractivity (Wildman–Crippen MR) is 136 cm³/mol. The monoisotopic (exact) mass is 482 g/mol. The Morgan fingerprint density at radius 3 is 2.61 bits per heavy atom. The SMILES string of the molecule is C=CCn1c(CNc2ccc(Cl)cc2)nnc1S[C@@H](C)C(=O)NN=C(CC)c1ccccc1. The van der Waals surface area contributed by atoms with Crippen molar-refractivity contribution in [1.82, 2.24) is 20.2 Å². The zero-order valence-corrected chi connectivity index (χ0v) is 20.2. The molecule has 0 aliphatic carbocycles. The van der Waals surface area contributed by atoms with Gasteiger partial charge in [-0.15, -0.1) is 16.8 Å². The van der Waals surface area contributed by atoms with Crippen molar-refractivity contribution in [2.24, 2.45) is 5.10 Å². The van der Waals surface area contributed by atoms with Crippen molar-refractivity contribution in [1.29, 1.82) is 0 Å². The Morgan fingerprint density at radius 2 is 1.94 bits per heavy atom. The van der Waals surface area contributed by atoms with Crippen molar-refractivity contribution in [2.45, 2.75) is 43.8 Å². The van der Waals surface area contributed by atoms with Gasteiger partial charge in [-0.3, -0.25) is 4.79 Å². The second-order valence-corrected chi connectivity index (χ2v) is 8.92. The predicted octanol–water partition coefficient (Wildman–Crippen LogP) is 5.14. The lowest BCUT2D eigenvalue weighted by molar-refractivity contribution is -0.120. The van der Waals surface area contributed by atoms with E-state index in [0.29, 0.717) is 29.7 Å². The summed E-state index contributed by atoms with van der Waals surface area (Å²) in [6, 6.07) is 17.3. The smallest absolute Gasteiger partial charge is 0.253 e. The molecule has 0 spiro atoms. The summed E-state index contributed by atoms with van der Waals surface area (Å²) in [5.41, 5.74) is 5.43. The summed E-state index contributed by atoms with van der Waals surface area (Å²) in [5, 5.41) is 17.2. The second kappa shape index (κ2) is 12.2. The molecule has 3 rings (SSSR count). The van der Waals surface area contributed by atoms with E-state index in [1.807, 2.05) is 73.0 Å². The molecule has 1 amide bonds. The van der Waals surface area contributed by atoms with Gasteiger partial charge in [0.2, 0.25) is 0 Å². The Balaban J connectivity index is 1.65. The molecule has 0 fully saturated rings. The number of thioether (sulfide) groups is 1. The van der Waals surface area contributed by atoms with E-state index in [-0.39, 0.29) is 5.91 Å². The van der Waals surface area contributed by atoms with Gasteiger partial charge in [-0.2, -0.15) is 5.10 Å². The minimum absolute atomic E-state index is 0.198. The standard InChI is InChI=1S/C24H27ClN6OS/c1-4-15-31-22(16-26-20-13-11-19(25)12-14-20)28-30-24(31)33-17(3)23(32)29-27-21(5-2)18-9-7-6-8-10-18/h4,6-14,17,26H,1,5,15-16H2,2-3H3,(H,29,32)/t17-/m0/s1. The molecule has 2 aromatic carbocycles. The molecule has 0 aliphatic heterocycles. The molecule has 172 valence electrons. The van der Waals surface area contributed by atoms with Crippen LogP contribution in [0.25, 0.3) is 0 Å². The summed E-state index contributed by atoms with van der Waals surface area (Å²) in [7, 11) is 0. The van der Waals surface area contributed by atoms with Crippen LogP contribution in [0.5, 0.6) is 0 Å². The lowest BCUT2D eigenvalue weighted by Gasteiger charge is -2.12. The number of anilines is 1. The zero-order valence-electron chi connectivity index (χ0n) is 18.7. The van der Waals surface area contributed by atoms with E-state index >= 15 is 0 Å². The molecule has 2 N–H and O–H groups in total. The molecule has 0 unspecified atom stereocenters. The van der Waals surface area contributed by atoms with E-state index < -0.39 is 5.25 Å². The number of hydrogen-bond acceptors (Lipinski definition) is 6. The first-order valence-electron chi connectivity index (χ1n) is 10.6. The highest BCUT2D eigenvalue weighted by atomic mass is 35.5. The van der Waals surface area contributed by atoms with E-state index in [1.54, 1.807) is 6.08 Å². The first kappa shape index (κ1) is 24.5. The number of hydrogen-bond donors (Lipinski definition) is 2. The van der Waals surface area contributed by atoms with Crippen LogP contribution < -0.4 is 10.7 Å². The van der Waals surface area contributed by atoms with Gasteiger partial charge < -0.3 is 9.88 Å². The Labute approximate surface area is 203 Å². The maximum absolute atomic E-state index is 12.7. The van der Waals surface area contributed by atoms with E-state index in [4.69, 9.17) is 11.6 Å². The summed E-state index contributed by atoms with van der Waals surface area (Å²) < 4.78 is 1.94. The Hall–Kier alpha value is -3.10. The van der Waals surface area contributed by atoms with E-state index in [0.717, 1.165) is 22.8 Å². The van der Waals surface area contributed by atoms with Crippen LogP contribution in [-0.4, -0.2) is 31.6 Å². The van der Waals surface area contributed by atoms with E-state index in [1.165, 1.54) is 11.8 Å². The molecule has 1 atom stereocenters. The molecule has 7 nitrogen and oxygen atoms in total. The first-order valence-corrected chi connectivity index (χ1v) is 11.9. The van der Waals surface area contributed by atoms with Gasteiger partial charge in [-0.1, -0.05) is 66.7 Å². The van der Waals surface area contributed by atoms with Gasteiger partial charge in [0.1, 0.15) is 0 Å². The van der Waals surface area contributed by atoms with Crippen molar-refractivity contribution >= 4 is 40.7 Å². The number of nitrogens with one attached hydrogen (secondary N) is 2. The van der Waals surface area contributed by atoms with Crippen LogP contribution in [0.2, 0.25) is 5.02 Å². The number of carbonyl (C=O) groups excluding carboxylic acids is 1. The maximum atomic E-state index is 12.7. The van der Waals surface area contributed by atoms with Crippen molar-refractivity contribution in [3.05, 3.63) is 83.7 Å². The number of halogens is 1. The Bertz CT molecular complexity index is 1100. The van der Waals surface area contributed by atoms with Crippen LogP contribution in [0.15, 0.2) is 77.5 Å². The molecule has 1 heterocycles. The van der Waals surface area contributed by atoms with E-state index in [9.17, 15) is 4.79 Å². The zero-order chi connectivity index (χ0) is 23.6. The molecule has 9 heteroatoms. The van der Waals surface area contributed by atoms with Gasteiger partial charge in [0.15, 0.2) is 11.0 Å². The number of hydrazone groups is 1. The number of rotatable bonds is 11. The van der Waals surface area contributed by atoms with Crippen LogP contribution in [0, 0.1) is 0 Å². The van der Waals surface area contributed by atoms with Gasteiger partial charge in [0, 0.05) is 17.3 Å². The maximum Gasteiger partial charge on any atom is 0.253 e. The Kier molecular flexibility index (Phi) is 9.09. The summed E-state index contributed by atoms with van der Waals surface area (Å²) >= 11 is 7.28. The van der Waals surface area contributed by atoms with E-state index in [2.05, 4.69) is 32.6 Å². The fourth-order valence-corrected chi connectivity index (χ4v) is 4.00. The van der Waals surface area contributed by atoms with Gasteiger partial charge >= 0.3 is 0 Å². The number of amides is 1. The summed E-state index contributed by atoms with van der Waals surface area (Å²) in [6.45, 7) is 8.67. The van der Waals surface area contributed by atoms with Crippen LogP contribution in [0.4, 0.5) is 5.69 Å². The van der Waals surface area contributed by atoms with Crippen LogP contribution >= 0.6 is 23.4 Å². The van der Waals surface area contributed by atoms with Gasteiger partial charge in [0.25, 0.3) is 5.91 Å². The molecule has 0 saturated carbocycles. The average molecular weight is 483 g/mol. The molecule has 0 radical (unpaired) electrons. The third kappa shape index (κ3) is 6.94. The fourth-order valence-electron chi connectivity index (χ4n) is 3.00. The molecule has 0 aliphatic rings. The lowest BCUT2D eigenvalue weighted by Crippen LogP contribution is -2.28. The van der Waals surface area contributed by atoms with Crippen molar-refractivity contribution in [3.8, 4) is 0 Å². The molecular weight excluding hydrogens is 456 g/mol. The molecule has 0 bridgehead atoms. The fraction of sp³-hybridized carbons (Fsp3) is 0.250. The minimum Gasteiger partial charge on any atom is -0.378 e. The topological polar surface area (TPSA) is 84.2 Å². The summed E-state index contributed by atoms with van der Waals surface area (Å²) in [5.74, 6) is 0.547. The largest absolute Gasteiger partial charge is 0.378 e. The molecular formula is C24H27ClN6OS. The van der Waals surface area contributed by atoms with Gasteiger partial charge in [-0.25, -0.2) is 5.43 Å². The Morgan fingerprint density at radius 1 is 1.21 bits per heavy atom. The second-order valence-electron chi connectivity index (χ2n) is 7.17. The van der Waals surface area contributed by atoms with Crippen molar-refractivity contribution < 1.29 is 4.79 Å². The van der Waals surface area contributed by atoms with Gasteiger partial charge in [-0.05, 0) is 43.2 Å². The third-order valence-electron chi connectivity index (χ3n) is 4.79. The average Bonchev–Trinajstić information content (AvgIpc) is 3.21. The first-order chi connectivity index (χ1) is 16.0. The normalized spacial score (nSPS) is 12.3. The molecule has 1 aromatic heterocycles. The number of benzene rings is 2. The third-order valence-corrected chi connectivity index (χ3v) is 6.13. The molecule has 0 saturated heterocycles. The molecule has 33 heavy (non-hydrogen) atoms. The number of aromatic nitrogens is 3. The van der Waals surface area contributed by atoms with Gasteiger partial charge in [0.05, 0.1) is 17.5 Å². The number of allylic oxidation sites excluding steroid dienone is 1. The van der Waals surface area contributed by atoms with Crippen LogP contribution in [-0.2, 0) is 17.9 Å². The summed E-state index contributed by atoms with van der Waals surface area (Å²) in [4.78, 5) is 12.7. The highest BCUT2D eigenvalue weighted by molar-refractivity contribution is 8.00. The quantitative estimate of drug-likeness (QED) is 0.171. The minimum atomic E-state index is -0.410. The highest BCUT2D eigenvalue weighted by Crippen LogP contribution is 2.23. The lowest BCUT2D eigenvalue weighted by atomic mass is 10.1. The summed E-state index contributed by atoms with van der Waals surface area (Å²) in [6.07, 6.45) is 2.49. The van der Waals surface area contributed by atoms with Crippen molar-refractivity contribution in [2.75, 3.05) is 5.32 Å². The van der Waals surface area contributed by atoms with Crippen LogP contribution in [0.3, 0.4) is 0 Å². The van der Waals surface area contributed by atoms with Crippen molar-refractivity contribution in [3.63, 3.8) is 0 Å². The number of nitrogens with zero attached hydrogens (tertiary/aromatic N) is 4. The van der Waals surface area contributed by atoms with Crippen LogP contribution in [0.1, 0.15) is 31.7 Å². The molecule has 3 aromatic rings. The number of carbonyl (C=O) groups is 1.